The molecule has 5 heteroatoms. The fourth-order valence-electron chi connectivity index (χ4n) is 1.81. The molecule has 0 aromatic heterocycles. The molecule has 5 nitrogen and oxygen atoms in total. The number of carbonyl (C=O) groups excluding carboxylic acids is 1. The number of hydrazine groups is 1. The molecule has 0 aromatic rings. The predicted molar refractivity (Wildman–Crippen MR) is 62.8 cm³/mol. The lowest BCUT2D eigenvalue weighted by Gasteiger charge is -2.41. The van der Waals surface area contributed by atoms with Gasteiger partial charge in [0.25, 0.3) is 0 Å². The SMILES string of the molecule is CC1CN(C(=O)OC(C)(C)C)CC(C)N1N. The average Bonchev–Trinajstić information content (AvgIpc) is 2.10. The Kier molecular flexibility index (Phi) is 3.80. The average molecular weight is 229 g/mol. The lowest BCUT2D eigenvalue weighted by molar-refractivity contribution is -0.00769. The third kappa shape index (κ3) is 3.35. The van der Waals surface area contributed by atoms with Crippen LogP contribution in [0.3, 0.4) is 0 Å². The molecule has 2 unspecified atom stereocenters. The van der Waals surface area contributed by atoms with Gasteiger partial charge in [0.1, 0.15) is 5.60 Å². The summed E-state index contributed by atoms with van der Waals surface area (Å²) in [5.74, 6) is 5.87. The van der Waals surface area contributed by atoms with E-state index in [4.69, 9.17) is 10.6 Å². The first kappa shape index (κ1) is 13.3. The summed E-state index contributed by atoms with van der Waals surface area (Å²) in [6, 6.07) is 0.326. The normalized spacial score (nSPS) is 28.0. The van der Waals surface area contributed by atoms with Gasteiger partial charge >= 0.3 is 6.09 Å². The van der Waals surface area contributed by atoms with Crippen molar-refractivity contribution >= 4 is 6.09 Å². The molecule has 1 rings (SSSR count). The maximum atomic E-state index is 11.9. The highest BCUT2D eigenvalue weighted by Crippen LogP contribution is 2.15. The van der Waals surface area contributed by atoms with E-state index >= 15 is 0 Å². The molecule has 0 bridgehead atoms. The maximum Gasteiger partial charge on any atom is 0.410 e. The van der Waals surface area contributed by atoms with Gasteiger partial charge in [0, 0.05) is 25.2 Å². The summed E-state index contributed by atoms with van der Waals surface area (Å²) in [6.07, 6.45) is -0.251. The van der Waals surface area contributed by atoms with Crippen LogP contribution in [0.1, 0.15) is 34.6 Å². The van der Waals surface area contributed by atoms with Crippen molar-refractivity contribution < 1.29 is 9.53 Å². The highest BCUT2D eigenvalue weighted by molar-refractivity contribution is 5.68. The van der Waals surface area contributed by atoms with Gasteiger partial charge in [-0.1, -0.05) is 0 Å². The molecule has 1 saturated heterocycles. The lowest BCUT2D eigenvalue weighted by Crippen LogP contribution is -2.61. The minimum atomic E-state index is -0.441. The Hall–Kier alpha value is -0.810. The van der Waals surface area contributed by atoms with Crippen molar-refractivity contribution in [3.8, 4) is 0 Å². The van der Waals surface area contributed by atoms with Crippen LogP contribution >= 0.6 is 0 Å². The molecule has 1 aliphatic rings. The minimum absolute atomic E-state index is 0.163. The molecule has 0 aromatic carbocycles. The fourth-order valence-corrected chi connectivity index (χ4v) is 1.81. The highest BCUT2D eigenvalue weighted by atomic mass is 16.6. The quantitative estimate of drug-likeness (QED) is 0.634. The minimum Gasteiger partial charge on any atom is -0.444 e. The Labute approximate surface area is 97.5 Å². The number of rotatable bonds is 0. The van der Waals surface area contributed by atoms with Crippen LogP contribution in [-0.2, 0) is 4.74 Å². The highest BCUT2D eigenvalue weighted by Gasteiger charge is 2.32. The first-order valence-electron chi connectivity index (χ1n) is 5.71. The van der Waals surface area contributed by atoms with Gasteiger partial charge in [-0.25, -0.2) is 9.80 Å². The number of amides is 1. The molecule has 1 aliphatic heterocycles. The van der Waals surface area contributed by atoms with Crippen LogP contribution in [0.4, 0.5) is 4.79 Å². The number of carbonyl (C=O) groups is 1. The molecule has 1 heterocycles. The van der Waals surface area contributed by atoms with Crippen molar-refractivity contribution in [2.24, 2.45) is 5.84 Å². The third-order valence-corrected chi connectivity index (χ3v) is 2.64. The number of hydrogen-bond acceptors (Lipinski definition) is 4. The molecule has 0 spiro atoms. The molecule has 1 fully saturated rings. The summed E-state index contributed by atoms with van der Waals surface area (Å²) in [5.41, 5.74) is -0.441. The molecule has 16 heavy (non-hydrogen) atoms. The van der Waals surface area contributed by atoms with Gasteiger partial charge < -0.3 is 9.64 Å². The summed E-state index contributed by atoms with van der Waals surface area (Å²) < 4.78 is 5.34. The maximum absolute atomic E-state index is 11.9. The summed E-state index contributed by atoms with van der Waals surface area (Å²) in [5, 5.41) is 1.79. The Bertz CT molecular complexity index is 250. The van der Waals surface area contributed by atoms with Gasteiger partial charge in [0.05, 0.1) is 0 Å². The molecule has 0 aliphatic carbocycles. The van der Waals surface area contributed by atoms with Crippen LogP contribution < -0.4 is 5.84 Å². The topological polar surface area (TPSA) is 58.8 Å². The second-order valence-corrected chi connectivity index (χ2v) is 5.53. The van der Waals surface area contributed by atoms with Crippen molar-refractivity contribution in [2.45, 2.75) is 52.3 Å². The van der Waals surface area contributed by atoms with Gasteiger partial charge in [-0.15, -0.1) is 0 Å². The summed E-state index contributed by atoms with van der Waals surface area (Å²) in [4.78, 5) is 13.6. The Balaban J connectivity index is 2.58. The van der Waals surface area contributed by atoms with E-state index in [-0.39, 0.29) is 18.2 Å². The van der Waals surface area contributed by atoms with Gasteiger partial charge in [-0.2, -0.15) is 0 Å². The van der Waals surface area contributed by atoms with Gasteiger partial charge in [0.2, 0.25) is 0 Å². The number of nitrogens with two attached hydrogens (primary N) is 1. The van der Waals surface area contributed by atoms with Crippen LogP contribution in [0.15, 0.2) is 0 Å². The Morgan fingerprint density at radius 2 is 1.69 bits per heavy atom. The molecular formula is C11H23N3O2. The van der Waals surface area contributed by atoms with Crippen LogP contribution in [0.25, 0.3) is 0 Å². The van der Waals surface area contributed by atoms with Crippen LogP contribution in [0.5, 0.6) is 0 Å². The van der Waals surface area contributed by atoms with Crippen molar-refractivity contribution in [1.82, 2.24) is 9.91 Å². The number of ether oxygens (including phenoxy) is 1. The van der Waals surface area contributed by atoms with E-state index in [0.29, 0.717) is 13.1 Å². The van der Waals surface area contributed by atoms with E-state index in [9.17, 15) is 4.79 Å². The first-order valence-corrected chi connectivity index (χ1v) is 5.71. The molecule has 0 radical (unpaired) electrons. The molecule has 2 atom stereocenters. The van der Waals surface area contributed by atoms with Gasteiger partial charge in [-0.05, 0) is 34.6 Å². The van der Waals surface area contributed by atoms with E-state index in [2.05, 4.69) is 0 Å². The second-order valence-electron chi connectivity index (χ2n) is 5.53. The van der Waals surface area contributed by atoms with Crippen molar-refractivity contribution in [3.63, 3.8) is 0 Å². The van der Waals surface area contributed by atoms with E-state index in [0.717, 1.165) is 0 Å². The number of nitrogens with zero attached hydrogens (tertiary/aromatic N) is 2. The third-order valence-electron chi connectivity index (χ3n) is 2.64. The van der Waals surface area contributed by atoms with E-state index in [1.807, 2.05) is 34.6 Å². The zero-order valence-electron chi connectivity index (χ0n) is 10.9. The number of hydrogen-bond donors (Lipinski definition) is 1. The summed E-state index contributed by atoms with van der Waals surface area (Å²) >= 11 is 0. The van der Waals surface area contributed by atoms with Crippen molar-refractivity contribution in [1.29, 1.82) is 0 Å². The summed E-state index contributed by atoms with van der Waals surface area (Å²) in [7, 11) is 0. The van der Waals surface area contributed by atoms with E-state index in [1.54, 1.807) is 9.91 Å². The van der Waals surface area contributed by atoms with Gasteiger partial charge in [0.15, 0.2) is 0 Å². The second kappa shape index (κ2) is 4.59. The van der Waals surface area contributed by atoms with Crippen LogP contribution in [0.2, 0.25) is 0 Å². The van der Waals surface area contributed by atoms with Crippen LogP contribution in [0, 0.1) is 0 Å². The summed E-state index contributed by atoms with van der Waals surface area (Å²) in [6.45, 7) is 10.9. The van der Waals surface area contributed by atoms with E-state index < -0.39 is 5.60 Å². The Morgan fingerprint density at radius 1 is 1.25 bits per heavy atom. The zero-order valence-corrected chi connectivity index (χ0v) is 10.9. The van der Waals surface area contributed by atoms with Crippen molar-refractivity contribution in [2.75, 3.05) is 13.1 Å². The Morgan fingerprint density at radius 3 is 2.06 bits per heavy atom. The number of piperazine rings is 1. The first-order chi connectivity index (χ1) is 7.20. The molecule has 94 valence electrons. The van der Waals surface area contributed by atoms with E-state index in [1.165, 1.54) is 0 Å². The van der Waals surface area contributed by atoms with Gasteiger partial charge in [-0.3, -0.25) is 5.84 Å². The molecule has 1 amide bonds. The smallest absolute Gasteiger partial charge is 0.410 e. The predicted octanol–water partition coefficient (Wildman–Crippen LogP) is 1.19. The zero-order chi connectivity index (χ0) is 12.5. The van der Waals surface area contributed by atoms with Crippen LogP contribution in [-0.4, -0.2) is 46.8 Å². The largest absolute Gasteiger partial charge is 0.444 e. The molecular weight excluding hydrogens is 206 g/mol. The lowest BCUT2D eigenvalue weighted by atomic mass is 10.1. The standard InChI is InChI=1S/C11H23N3O2/c1-8-6-13(7-9(2)14(8)12)10(15)16-11(3,4)5/h8-9H,6-7,12H2,1-5H3. The fraction of sp³-hybridized carbons (Fsp3) is 0.909. The van der Waals surface area contributed by atoms with Crippen molar-refractivity contribution in [3.05, 3.63) is 0 Å². The molecule has 2 N–H and O–H groups in total. The molecule has 0 saturated carbocycles. The monoisotopic (exact) mass is 229 g/mol.